The van der Waals surface area contributed by atoms with E-state index in [-0.39, 0.29) is 24.3 Å². The van der Waals surface area contributed by atoms with E-state index < -0.39 is 6.10 Å². The molecular weight excluding hydrogens is 262 g/mol. The van der Waals surface area contributed by atoms with Gasteiger partial charge < -0.3 is 19.5 Å². The number of aromatic nitrogens is 2. The van der Waals surface area contributed by atoms with E-state index in [4.69, 9.17) is 14.5 Å². The van der Waals surface area contributed by atoms with Gasteiger partial charge in [0.25, 0.3) is 11.7 Å². The zero-order valence-corrected chi connectivity index (χ0v) is 10.9. The molecule has 8 nitrogen and oxygen atoms in total. The van der Waals surface area contributed by atoms with Crippen molar-refractivity contribution in [3.8, 4) is 6.07 Å². The van der Waals surface area contributed by atoms with Gasteiger partial charge in [0, 0.05) is 6.54 Å². The van der Waals surface area contributed by atoms with Crippen LogP contribution in [-0.2, 0) is 4.74 Å². The number of rotatable bonds is 2. The van der Waals surface area contributed by atoms with Crippen molar-refractivity contribution in [2.45, 2.75) is 25.0 Å². The number of nitrogens with zero attached hydrogens (tertiary/aromatic N) is 4. The van der Waals surface area contributed by atoms with E-state index in [1.54, 1.807) is 0 Å². The van der Waals surface area contributed by atoms with E-state index in [1.807, 2.05) is 6.07 Å². The maximum absolute atomic E-state index is 12.2. The molecule has 2 unspecified atom stereocenters. The molecule has 1 amide bonds. The molecular formula is C12H15N5O3. The highest BCUT2D eigenvalue weighted by Gasteiger charge is 2.29. The first-order valence-corrected chi connectivity index (χ1v) is 6.65. The van der Waals surface area contributed by atoms with Crippen LogP contribution >= 0.6 is 0 Å². The normalized spacial score (nSPS) is 26.4. The zero-order valence-electron chi connectivity index (χ0n) is 10.9. The largest absolute Gasteiger partial charge is 0.360 e. The van der Waals surface area contributed by atoms with Gasteiger partial charge in [0.1, 0.15) is 0 Å². The van der Waals surface area contributed by atoms with Crippen molar-refractivity contribution < 1.29 is 14.1 Å². The van der Waals surface area contributed by atoms with Crippen molar-refractivity contribution in [1.82, 2.24) is 20.4 Å². The van der Waals surface area contributed by atoms with Gasteiger partial charge in [0.15, 0.2) is 6.10 Å². The topological polar surface area (TPSA) is 104 Å². The SMILES string of the molecule is N#CC1CN(C(=O)c2noc(C3CCCN3)n2)CCO1. The molecule has 2 saturated heterocycles. The highest BCUT2D eigenvalue weighted by molar-refractivity contribution is 5.90. The molecule has 0 aliphatic carbocycles. The number of nitrogens with one attached hydrogen (secondary N) is 1. The molecule has 8 heteroatoms. The lowest BCUT2D eigenvalue weighted by molar-refractivity contribution is 0.00278. The Bertz CT molecular complexity index is 531. The molecule has 106 valence electrons. The van der Waals surface area contributed by atoms with Crippen LogP contribution in [-0.4, -0.2) is 53.3 Å². The zero-order chi connectivity index (χ0) is 13.9. The fourth-order valence-corrected chi connectivity index (χ4v) is 2.41. The summed E-state index contributed by atoms with van der Waals surface area (Å²) in [6.45, 7) is 1.94. The van der Waals surface area contributed by atoms with Crippen molar-refractivity contribution in [2.75, 3.05) is 26.2 Å². The lowest BCUT2D eigenvalue weighted by Gasteiger charge is -2.28. The molecule has 3 heterocycles. The summed E-state index contributed by atoms with van der Waals surface area (Å²) in [5.41, 5.74) is 0. The smallest absolute Gasteiger partial charge is 0.295 e. The highest BCUT2D eigenvalue weighted by Crippen LogP contribution is 2.21. The third-order valence-corrected chi connectivity index (χ3v) is 3.49. The molecule has 2 aliphatic heterocycles. The number of carbonyl (C=O) groups excluding carboxylic acids is 1. The highest BCUT2D eigenvalue weighted by atomic mass is 16.5. The molecule has 0 spiro atoms. The van der Waals surface area contributed by atoms with E-state index in [0.717, 1.165) is 19.4 Å². The average molecular weight is 277 g/mol. The third-order valence-electron chi connectivity index (χ3n) is 3.49. The number of morpholine rings is 1. The standard InChI is InChI=1S/C12H15N5O3/c13-6-8-7-17(4-5-19-8)12(18)10-15-11(20-16-10)9-2-1-3-14-9/h8-9,14H,1-5,7H2. The van der Waals surface area contributed by atoms with Crippen molar-refractivity contribution >= 4 is 5.91 Å². The fraction of sp³-hybridized carbons (Fsp3) is 0.667. The number of hydrogen-bond donors (Lipinski definition) is 1. The predicted molar refractivity (Wildman–Crippen MR) is 65.5 cm³/mol. The summed E-state index contributed by atoms with van der Waals surface area (Å²) < 4.78 is 10.3. The second kappa shape index (κ2) is 5.56. The summed E-state index contributed by atoms with van der Waals surface area (Å²) in [5.74, 6) is 0.185. The molecule has 0 saturated carbocycles. The van der Waals surface area contributed by atoms with Crippen molar-refractivity contribution in [1.29, 1.82) is 5.26 Å². The molecule has 1 aromatic rings. The van der Waals surface area contributed by atoms with E-state index in [2.05, 4.69) is 15.5 Å². The minimum Gasteiger partial charge on any atom is -0.360 e. The van der Waals surface area contributed by atoms with Crippen molar-refractivity contribution in [3.05, 3.63) is 11.7 Å². The molecule has 0 aromatic carbocycles. The Hall–Kier alpha value is -1.98. The third kappa shape index (κ3) is 2.50. The maximum atomic E-state index is 12.2. The van der Waals surface area contributed by atoms with Crippen LogP contribution in [0.25, 0.3) is 0 Å². The molecule has 1 N–H and O–H groups in total. The van der Waals surface area contributed by atoms with Crippen LogP contribution in [0.15, 0.2) is 4.52 Å². The van der Waals surface area contributed by atoms with Gasteiger partial charge >= 0.3 is 0 Å². The number of hydrogen-bond acceptors (Lipinski definition) is 7. The Kier molecular flexibility index (Phi) is 3.62. The second-order valence-corrected chi connectivity index (χ2v) is 4.84. The maximum Gasteiger partial charge on any atom is 0.295 e. The number of nitriles is 1. The van der Waals surface area contributed by atoms with Crippen LogP contribution < -0.4 is 5.32 Å². The molecule has 0 bridgehead atoms. The summed E-state index contributed by atoms with van der Waals surface area (Å²) in [7, 11) is 0. The van der Waals surface area contributed by atoms with Gasteiger partial charge in [-0.05, 0) is 19.4 Å². The first-order valence-electron chi connectivity index (χ1n) is 6.65. The van der Waals surface area contributed by atoms with E-state index in [0.29, 0.717) is 19.0 Å². The quantitative estimate of drug-likeness (QED) is 0.802. The molecule has 2 atom stereocenters. The molecule has 2 aliphatic rings. The Morgan fingerprint density at radius 2 is 2.45 bits per heavy atom. The van der Waals surface area contributed by atoms with Crippen molar-refractivity contribution in [2.24, 2.45) is 0 Å². The van der Waals surface area contributed by atoms with Crippen LogP contribution in [0.5, 0.6) is 0 Å². The summed E-state index contributed by atoms with van der Waals surface area (Å²) in [4.78, 5) is 17.9. The molecule has 20 heavy (non-hydrogen) atoms. The first kappa shape index (κ1) is 13.0. The first-order chi connectivity index (χ1) is 9.78. The number of carbonyl (C=O) groups is 1. The van der Waals surface area contributed by atoms with Gasteiger partial charge in [-0.1, -0.05) is 5.16 Å². The molecule has 0 radical (unpaired) electrons. The van der Waals surface area contributed by atoms with Gasteiger partial charge in [-0.25, -0.2) is 0 Å². The molecule has 2 fully saturated rings. The van der Waals surface area contributed by atoms with Gasteiger partial charge in [-0.3, -0.25) is 4.79 Å². The lowest BCUT2D eigenvalue weighted by atomic mass is 10.2. The van der Waals surface area contributed by atoms with E-state index in [9.17, 15) is 4.79 Å². The van der Waals surface area contributed by atoms with Crippen LogP contribution in [0.1, 0.15) is 35.4 Å². The minimum atomic E-state index is -0.587. The van der Waals surface area contributed by atoms with Crippen LogP contribution in [0.2, 0.25) is 0 Å². The second-order valence-electron chi connectivity index (χ2n) is 4.84. The van der Waals surface area contributed by atoms with E-state index >= 15 is 0 Å². The minimum absolute atomic E-state index is 0.0422. The van der Waals surface area contributed by atoms with Crippen molar-refractivity contribution in [3.63, 3.8) is 0 Å². The summed E-state index contributed by atoms with van der Waals surface area (Å²) in [6.07, 6.45) is 1.41. The summed E-state index contributed by atoms with van der Waals surface area (Å²) in [6, 6.07) is 2.04. The Labute approximate surface area is 115 Å². The average Bonchev–Trinajstić information content (AvgIpc) is 3.17. The Morgan fingerprint density at radius 1 is 1.55 bits per heavy atom. The number of amides is 1. The Morgan fingerprint density at radius 3 is 3.20 bits per heavy atom. The van der Waals surface area contributed by atoms with Crippen LogP contribution in [0.4, 0.5) is 0 Å². The van der Waals surface area contributed by atoms with Gasteiger partial charge in [0.2, 0.25) is 5.89 Å². The summed E-state index contributed by atoms with van der Waals surface area (Å²) >= 11 is 0. The van der Waals surface area contributed by atoms with Crippen LogP contribution in [0, 0.1) is 11.3 Å². The fourth-order valence-electron chi connectivity index (χ4n) is 2.41. The van der Waals surface area contributed by atoms with Crippen LogP contribution in [0.3, 0.4) is 0 Å². The van der Waals surface area contributed by atoms with Gasteiger partial charge in [-0.2, -0.15) is 10.2 Å². The van der Waals surface area contributed by atoms with Gasteiger partial charge in [0.05, 0.1) is 25.3 Å². The lowest BCUT2D eigenvalue weighted by Crippen LogP contribution is -2.45. The van der Waals surface area contributed by atoms with E-state index in [1.165, 1.54) is 4.90 Å². The molecule has 3 rings (SSSR count). The molecule has 1 aromatic heterocycles. The summed E-state index contributed by atoms with van der Waals surface area (Å²) in [5, 5.41) is 15.8. The predicted octanol–water partition coefficient (Wildman–Crippen LogP) is -0.141. The number of ether oxygens (including phenoxy) is 1. The Balaban J connectivity index is 1.69. The monoisotopic (exact) mass is 277 g/mol. The van der Waals surface area contributed by atoms with Gasteiger partial charge in [-0.15, -0.1) is 0 Å².